The summed E-state index contributed by atoms with van der Waals surface area (Å²) in [6.45, 7) is 7.72. The fourth-order valence-corrected chi connectivity index (χ4v) is 3.90. The van der Waals surface area contributed by atoms with Gasteiger partial charge in [-0.15, -0.1) is 6.58 Å². The quantitative estimate of drug-likeness (QED) is 0.773. The molecule has 1 N–H and O–H groups in total. The molecule has 3 rings (SSSR count). The maximum atomic E-state index is 13.1. The average molecular weight is 404 g/mol. The zero-order chi connectivity index (χ0) is 20.5. The van der Waals surface area contributed by atoms with E-state index in [-0.39, 0.29) is 29.6 Å². The summed E-state index contributed by atoms with van der Waals surface area (Å²) >= 11 is 0. The molecule has 2 aromatic carbocycles. The van der Waals surface area contributed by atoms with E-state index in [0.717, 1.165) is 12.1 Å². The summed E-state index contributed by atoms with van der Waals surface area (Å²) in [6.07, 6.45) is 1.60. The van der Waals surface area contributed by atoms with E-state index in [2.05, 4.69) is 11.3 Å². The molecule has 0 aromatic heterocycles. The van der Waals surface area contributed by atoms with Gasteiger partial charge in [-0.05, 0) is 56.3 Å². The minimum Gasteiger partial charge on any atom is -0.490 e. The number of carbonyl (C=O) groups is 1. The van der Waals surface area contributed by atoms with Gasteiger partial charge in [0.25, 0.3) is 10.0 Å². The summed E-state index contributed by atoms with van der Waals surface area (Å²) in [5.74, 6) is -0.197. The Morgan fingerprint density at radius 1 is 1.25 bits per heavy atom. The highest BCUT2D eigenvalue weighted by atomic mass is 32.2. The lowest BCUT2D eigenvalue weighted by Gasteiger charge is -2.27. The lowest BCUT2D eigenvalue weighted by atomic mass is 9.93. The largest absolute Gasteiger partial charge is 0.490 e. The number of anilines is 2. The maximum absolute atomic E-state index is 13.1. The first-order valence-corrected chi connectivity index (χ1v) is 10.1. The van der Waals surface area contributed by atoms with E-state index in [1.807, 2.05) is 0 Å². The van der Waals surface area contributed by atoms with E-state index in [4.69, 9.17) is 4.74 Å². The molecule has 0 spiro atoms. The van der Waals surface area contributed by atoms with E-state index in [1.54, 1.807) is 38.1 Å². The summed E-state index contributed by atoms with van der Waals surface area (Å²) in [5.41, 5.74) is -0.0291. The number of nitrogens with zero attached hydrogens (tertiary/aromatic N) is 1. The standard InChI is InChI=1S/C20H21FN2O4S/c1-4-11-23-17-12-15(7-10-18(17)27-13-20(2,3)19(23)24)22-28(25,26)16-8-5-14(21)6-9-16/h4-10,12,22H,1,11,13H2,2-3H3. The van der Waals surface area contributed by atoms with Crippen LogP contribution in [-0.2, 0) is 14.8 Å². The van der Waals surface area contributed by atoms with Crippen LogP contribution < -0.4 is 14.4 Å². The van der Waals surface area contributed by atoms with Crippen LogP contribution in [0.4, 0.5) is 15.8 Å². The molecule has 28 heavy (non-hydrogen) atoms. The summed E-state index contributed by atoms with van der Waals surface area (Å²) < 4.78 is 46.4. The summed E-state index contributed by atoms with van der Waals surface area (Å²) in [4.78, 5) is 14.3. The number of benzene rings is 2. The molecule has 0 radical (unpaired) electrons. The van der Waals surface area contributed by atoms with Crippen LogP contribution in [0.25, 0.3) is 0 Å². The summed E-state index contributed by atoms with van der Waals surface area (Å²) in [6, 6.07) is 9.22. The van der Waals surface area contributed by atoms with Crippen molar-refractivity contribution in [1.29, 1.82) is 0 Å². The van der Waals surface area contributed by atoms with Gasteiger partial charge in [0.2, 0.25) is 5.91 Å². The van der Waals surface area contributed by atoms with Crippen LogP contribution in [0.2, 0.25) is 0 Å². The lowest BCUT2D eigenvalue weighted by Crippen LogP contribution is -2.42. The minimum atomic E-state index is -3.91. The third kappa shape index (κ3) is 3.87. The normalized spacial score (nSPS) is 16.0. The molecule has 0 aliphatic carbocycles. The van der Waals surface area contributed by atoms with Crippen molar-refractivity contribution in [3.05, 3.63) is 60.9 Å². The molecule has 2 aromatic rings. The molecule has 0 atom stereocenters. The molecule has 1 heterocycles. The monoisotopic (exact) mass is 404 g/mol. The minimum absolute atomic E-state index is 0.0692. The van der Waals surface area contributed by atoms with Gasteiger partial charge < -0.3 is 9.64 Å². The predicted octanol–water partition coefficient (Wildman–Crippen LogP) is 3.56. The maximum Gasteiger partial charge on any atom is 0.261 e. The highest BCUT2D eigenvalue weighted by Gasteiger charge is 2.37. The van der Waals surface area contributed by atoms with Crippen LogP contribution in [-0.4, -0.2) is 27.5 Å². The Kier molecular flexibility index (Phi) is 5.16. The summed E-state index contributed by atoms with van der Waals surface area (Å²) in [7, 11) is -3.91. The number of fused-ring (bicyclic) bond motifs is 1. The van der Waals surface area contributed by atoms with E-state index in [9.17, 15) is 17.6 Å². The molecule has 0 fully saturated rings. The zero-order valence-electron chi connectivity index (χ0n) is 15.6. The van der Waals surface area contributed by atoms with Gasteiger partial charge in [0.15, 0.2) is 0 Å². The topological polar surface area (TPSA) is 75.7 Å². The van der Waals surface area contributed by atoms with Crippen molar-refractivity contribution in [2.24, 2.45) is 5.41 Å². The van der Waals surface area contributed by atoms with Gasteiger partial charge in [0.1, 0.15) is 18.2 Å². The van der Waals surface area contributed by atoms with Crippen LogP contribution in [0.1, 0.15) is 13.8 Å². The molecular weight excluding hydrogens is 383 g/mol. The molecule has 1 aliphatic rings. The molecular formula is C20H21FN2O4S. The number of carbonyl (C=O) groups excluding carboxylic acids is 1. The van der Waals surface area contributed by atoms with Crippen LogP contribution in [0.15, 0.2) is 60.0 Å². The van der Waals surface area contributed by atoms with Gasteiger partial charge in [0.05, 0.1) is 21.7 Å². The SMILES string of the molecule is C=CCN1C(=O)C(C)(C)COc2ccc(NS(=O)(=O)c3ccc(F)cc3)cc21. The predicted molar refractivity (Wildman–Crippen MR) is 105 cm³/mol. The second kappa shape index (κ2) is 7.27. The smallest absolute Gasteiger partial charge is 0.261 e. The van der Waals surface area contributed by atoms with Crippen molar-refractivity contribution in [1.82, 2.24) is 0 Å². The van der Waals surface area contributed by atoms with Crippen molar-refractivity contribution in [2.75, 3.05) is 22.8 Å². The fourth-order valence-electron chi connectivity index (χ4n) is 2.85. The van der Waals surface area contributed by atoms with Crippen LogP contribution in [0, 0.1) is 11.2 Å². The van der Waals surface area contributed by atoms with Gasteiger partial charge in [-0.2, -0.15) is 0 Å². The molecule has 0 bridgehead atoms. The molecule has 0 saturated carbocycles. The van der Waals surface area contributed by atoms with Crippen molar-refractivity contribution in [3.63, 3.8) is 0 Å². The molecule has 0 saturated heterocycles. The Morgan fingerprint density at radius 3 is 2.57 bits per heavy atom. The molecule has 0 unspecified atom stereocenters. The molecule has 8 heteroatoms. The van der Waals surface area contributed by atoms with Gasteiger partial charge in [-0.1, -0.05) is 6.08 Å². The first-order valence-electron chi connectivity index (χ1n) is 8.62. The first-order chi connectivity index (χ1) is 13.1. The Bertz CT molecular complexity index is 1020. The number of amides is 1. The molecule has 148 valence electrons. The number of sulfonamides is 1. The van der Waals surface area contributed by atoms with E-state index in [0.29, 0.717) is 11.4 Å². The lowest BCUT2D eigenvalue weighted by molar-refractivity contribution is -0.127. The summed E-state index contributed by atoms with van der Waals surface area (Å²) in [5, 5.41) is 0. The van der Waals surface area contributed by atoms with Gasteiger partial charge in [0, 0.05) is 6.54 Å². The zero-order valence-corrected chi connectivity index (χ0v) is 16.4. The number of ether oxygens (including phenoxy) is 1. The van der Waals surface area contributed by atoms with Crippen LogP contribution >= 0.6 is 0 Å². The van der Waals surface area contributed by atoms with Gasteiger partial charge >= 0.3 is 0 Å². The Balaban J connectivity index is 1.98. The number of nitrogens with one attached hydrogen (secondary N) is 1. The fraction of sp³-hybridized carbons (Fsp3) is 0.250. The van der Waals surface area contributed by atoms with Crippen LogP contribution in [0.3, 0.4) is 0 Å². The van der Waals surface area contributed by atoms with E-state index in [1.165, 1.54) is 17.0 Å². The van der Waals surface area contributed by atoms with Crippen molar-refractivity contribution in [2.45, 2.75) is 18.7 Å². The van der Waals surface area contributed by atoms with E-state index < -0.39 is 21.3 Å². The van der Waals surface area contributed by atoms with Crippen molar-refractivity contribution >= 4 is 27.3 Å². The van der Waals surface area contributed by atoms with Crippen molar-refractivity contribution < 1.29 is 22.3 Å². The Hall–Kier alpha value is -2.87. The highest BCUT2D eigenvalue weighted by Crippen LogP contribution is 2.38. The van der Waals surface area contributed by atoms with Crippen molar-refractivity contribution in [3.8, 4) is 5.75 Å². The third-order valence-corrected chi connectivity index (χ3v) is 5.75. The van der Waals surface area contributed by atoms with Gasteiger partial charge in [-0.3, -0.25) is 9.52 Å². The Morgan fingerprint density at radius 2 is 1.93 bits per heavy atom. The number of hydrogen-bond acceptors (Lipinski definition) is 4. The van der Waals surface area contributed by atoms with E-state index >= 15 is 0 Å². The second-order valence-electron chi connectivity index (χ2n) is 7.12. The number of rotatable bonds is 5. The Labute approximate surface area is 163 Å². The number of halogens is 1. The van der Waals surface area contributed by atoms with Gasteiger partial charge in [-0.25, -0.2) is 12.8 Å². The number of hydrogen-bond donors (Lipinski definition) is 1. The molecule has 1 aliphatic heterocycles. The first kappa shape index (κ1) is 19.9. The molecule has 1 amide bonds. The second-order valence-corrected chi connectivity index (χ2v) is 8.80. The average Bonchev–Trinajstić information content (AvgIpc) is 2.72. The molecule has 6 nitrogen and oxygen atoms in total. The third-order valence-electron chi connectivity index (χ3n) is 4.35. The highest BCUT2D eigenvalue weighted by molar-refractivity contribution is 7.92. The van der Waals surface area contributed by atoms with Crippen LogP contribution in [0.5, 0.6) is 5.75 Å².